The Kier molecular flexibility index (Phi) is 5.40. The van der Waals surface area contributed by atoms with Crippen molar-refractivity contribution >= 4 is 35.3 Å². The van der Waals surface area contributed by atoms with Crippen molar-refractivity contribution in [1.82, 2.24) is 5.32 Å². The first-order valence-corrected chi connectivity index (χ1v) is 10.3. The second-order valence-electron chi connectivity index (χ2n) is 7.71. The lowest BCUT2D eigenvalue weighted by Crippen LogP contribution is -2.54. The molecule has 0 unspecified atom stereocenters. The van der Waals surface area contributed by atoms with Crippen LogP contribution in [0.1, 0.15) is 36.5 Å². The summed E-state index contributed by atoms with van der Waals surface area (Å²) < 4.78 is 0. The van der Waals surface area contributed by atoms with Gasteiger partial charge in [0.05, 0.1) is 5.69 Å². The zero-order valence-electron chi connectivity index (χ0n) is 17.3. The molecular formula is C24H25N3O3. The third kappa shape index (κ3) is 3.73. The van der Waals surface area contributed by atoms with E-state index >= 15 is 0 Å². The third-order valence-electron chi connectivity index (χ3n) is 5.73. The lowest BCUT2D eigenvalue weighted by Gasteiger charge is -2.26. The Hall–Kier alpha value is -3.41. The normalized spacial score (nSPS) is 18.3. The number of urea groups is 1. The van der Waals surface area contributed by atoms with Gasteiger partial charge in [-0.15, -0.1) is 0 Å². The van der Waals surface area contributed by atoms with Gasteiger partial charge >= 0.3 is 6.03 Å². The first-order valence-electron chi connectivity index (χ1n) is 10.3. The molecular weight excluding hydrogens is 378 g/mol. The molecule has 2 saturated heterocycles. The summed E-state index contributed by atoms with van der Waals surface area (Å²) in [6.07, 6.45) is 4.82. The Balaban J connectivity index is 1.65. The van der Waals surface area contributed by atoms with Crippen LogP contribution in [0.25, 0.3) is 6.08 Å². The third-order valence-corrected chi connectivity index (χ3v) is 5.73. The van der Waals surface area contributed by atoms with Crippen molar-refractivity contribution in [2.24, 2.45) is 0 Å². The number of amides is 4. The lowest BCUT2D eigenvalue weighted by atomic mass is 10.0. The number of hydrogen-bond donors (Lipinski definition) is 1. The molecule has 0 bridgehead atoms. The van der Waals surface area contributed by atoms with Crippen LogP contribution < -0.4 is 15.1 Å². The highest BCUT2D eigenvalue weighted by Crippen LogP contribution is 2.26. The molecule has 6 heteroatoms. The van der Waals surface area contributed by atoms with Gasteiger partial charge < -0.3 is 4.90 Å². The molecule has 154 valence electrons. The largest absolute Gasteiger partial charge is 0.372 e. The van der Waals surface area contributed by atoms with Gasteiger partial charge in [0.2, 0.25) is 0 Å². The predicted octanol–water partition coefficient (Wildman–Crippen LogP) is 3.82. The van der Waals surface area contributed by atoms with E-state index in [1.54, 1.807) is 18.2 Å². The molecule has 0 radical (unpaired) electrons. The number of anilines is 2. The number of aryl methyl sites for hydroxylation is 2. The second-order valence-corrected chi connectivity index (χ2v) is 7.71. The van der Waals surface area contributed by atoms with E-state index in [9.17, 15) is 14.4 Å². The number of carbonyl (C=O) groups excluding carboxylic acids is 3. The van der Waals surface area contributed by atoms with Gasteiger partial charge in [-0.2, -0.15) is 0 Å². The van der Waals surface area contributed by atoms with Crippen LogP contribution in [0.15, 0.2) is 48.0 Å². The molecule has 0 saturated carbocycles. The number of carbonyl (C=O) groups is 3. The number of benzene rings is 2. The van der Waals surface area contributed by atoms with Gasteiger partial charge in [-0.25, -0.2) is 9.69 Å². The number of rotatable bonds is 4. The summed E-state index contributed by atoms with van der Waals surface area (Å²) in [4.78, 5) is 41.2. The van der Waals surface area contributed by atoms with Crippen LogP contribution in [0.3, 0.4) is 0 Å². The SMILES string of the molecule is CCc1ccc(N2C(=O)NC(=O)/C(=C\c3ccc(N4CCCC4)cc3C)C2=O)cc1. The quantitative estimate of drug-likeness (QED) is 0.622. The average molecular weight is 403 g/mol. The molecule has 4 rings (SSSR count). The zero-order valence-corrected chi connectivity index (χ0v) is 17.3. The smallest absolute Gasteiger partial charge is 0.335 e. The van der Waals surface area contributed by atoms with Gasteiger partial charge in [0, 0.05) is 18.8 Å². The van der Waals surface area contributed by atoms with Crippen LogP contribution in [0.5, 0.6) is 0 Å². The first-order chi connectivity index (χ1) is 14.5. The Morgan fingerprint density at radius 2 is 1.63 bits per heavy atom. The number of imide groups is 2. The fourth-order valence-electron chi connectivity index (χ4n) is 3.92. The Morgan fingerprint density at radius 3 is 2.27 bits per heavy atom. The summed E-state index contributed by atoms with van der Waals surface area (Å²) >= 11 is 0. The molecule has 1 N–H and O–H groups in total. The van der Waals surface area contributed by atoms with Crippen LogP contribution in [0.4, 0.5) is 16.2 Å². The molecule has 0 aliphatic carbocycles. The van der Waals surface area contributed by atoms with Gasteiger partial charge in [0.15, 0.2) is 0 Å². The molecule has 2 aliphatic heterocycles. The Morgan fingerprint density at radius 1 is 0.967 bits per heavy atom. The number of nitrogens with one attached hydrogen (secondary N) is 1. The van der Waals surface area contributed by atoms with Crippen LogP contribution in [0.2, 0.25) is 0 Å². The lowest BCUT2D eigenvalue weighted by molar-refractivity contribution is -0.122. The van der Waals surface area contributed by atoms with Gasteiger partial charge in [-0.05, 0) is 73.2 Å². The van der Waals surface area contributed by atoms with Crippen molar-refractivity contribution < 1.29 is 14.4 Å². The zero-order chi connectivity index (χ0) is 21.3. The van der Waals surface area contributed by atoms with Gasteiger partial charge in [0.1, 0.15) is 5.57 Å². The van der Waals surface area contributed by atoms with E-state index in [4.69, 9.17) is 0 Å². The molecule has 2 aromatic carbocycles. The minimum absolute atomic E-state index is 0.0498. The van der Waals surface area contributed by atoms with E-state index in [2.05, 4.69) is 16.3 Å². The maximum Gasteiger partial charge on any atom is 0.335 e. The fourth-order valence-corrected chi connectivity index (χ4v) is 3.92. The molecule has 2 fully saturated rings. The molecule has 0 aromatic heterocycles. The van der Waals surface area contributed by atoms with Gasteiger partial charge in [-0.3, -0.25) is 14.9 Å². The first kappa shape index (κ1) is 19.9. The Bertz CT molecular complexity index is 1030. The fraction of sp³-hybridized carbons (Fsp3) is 0.292. The highest BCUT2D eigenvalue weighted by Gasteiger charge is 2.36. The number of nitrogens with zero attached hydrogens (tertiary/aromatic N) is 2. The maximum absolute atomic E-state index is 13.1. The minimum Gasteiger partial charge on any atom is -0.372 e. The molecule has 2 aromatic rings. The van der Waals surface area contributed by atoms with Crippen molar-refractivity contribution in [3.05, 3.63) is 64.7 Å². The van der Waals surface area contributed by atoms with Crippen LogP contribution in [0, 0.1) is 6.92 Å². The van der Waals surface area contributed by atoms with E-state index in [1.807, 2.05) is 38.1 Å². The number of barbiturate groups is 1. The van der Waals surface area contributed by atoms with Crippen molar-refractivity contribution in [1.29, 1.82) is 0 Å². The van der Waals surface area contributed by atoms with Crippen LogP contribution in [-0.4, -0.2) is 30.9 Å². The highest BCUT2D eigenvalue weighted by atomic mass is 16.2. The van der Waals surface area contributed by atoms with E-state index in [1.165, 1.54) is 12.8 Å². The average Bonchev–Trinajstić information content (AvgIpc) is 3.27. The summed E-state index contributed by atoms with van der Waals surface area (Å²) in [5.74, 6) is -1.29. The molecule has 0 spiro atoms. The van der Waals surface area contributed by atoms with E-state index in [0.717, 1.165) is 46.8 Å². The minimum atomic E-state index is -0.729. The van der Waals surface area contributed by atoms with E-state index in [0.29, 0.717) is 5.69 Å². The standard InChI is InChI=1S/C24H25N3O3/c1-3-17-6-9-19(10-7-17)27-23(29)21(22(28)25-24(27)30)15-18-8-11-20(14-16(18)2)26-12-4-5-13-26/h6-11,14-15H,3-5,12-13H2,1-2H3,(H,25,28,30)/b21-15+. The van der Waals surface area contributed by atoms with Crippen LogP contribution >= 0.6 is 0 Å². The molecule has 4 amide bonds. The predicted molar refractivity (Wildman–Crippen MR) is 117 cm³/mol. The summed E-state index contributed by atoms with van der Waals surface area (Å²) in [6.45, 7) is 6.09. The number of hydrogen-bond acceptors (Lipinski definition) is 4. The van der Waals surface area contributed by atoms with Crippen molar-refractivity contribution in [2.75, 3.05) is 22.9 Å². The topological polar surface area (TPSA) is 69.7 Å². The monoisotopic (exact) mass is 403 g/mol. The van der Waals surface area contributed by atoms with Gasteiger partial charge in [-0.1, -0.05) is 25.1 Å². The van der Waals surface area contributed by atoms with Crippen molar-refractivity contribution in [2.45, 2.75) is 33.1 Å². The van der Waals surface area contributed by atoms with Crippen molar-refractivity contribution in [3.8, 4) is 0 Å². The summed E-state index contributed by atoms with van der Waals surface area (Å²) in [5.41, 5.74) is 4.40. The highest BCUT2D eigenvalue weighted by molar-refractivity contribution is 6.39. The van der Waals surface area contributed by atoms with E-state index in [-0.39, 0.29) is 5.57 Å². The van der Waals surface area contributed by atoms with Gasteiger partial charge in [0.25, 0.3) is 11.8 Å². The Labute approximate surface area is 176 Å². The van der Waals surface area contributed by atoms with Crippen molar-refractivity contribution in [3.63, 3.8) is 0 Å². The second kappa shape index (κ2) is 8.14. The summed E-state index contributed by atoms with van der Waals surface area (Å²) in [6, 6.07) is 12.5. The maximum atomic E-state index is 13.1. The van der Waals surface area contributed by atoms with E-state index < -0.39 is 17.8 Å². The molecule has 2 heterocycles. The molecule has 2 aliphatic rings. The summed E-state index contributed by atoms with van der Waals surface area (Å²) in [7, 11) is 0. The summed E-state index contributed by atoms with van der Waals surface area (Å²) in [5, 5.41) is 2.28. The van der Waals surface area contributed by atoms with Crippen LogP contribution in [-0.2, 0) is 16.0 Å². The molecule has 30 heavy (non-hydrogen) atoms. The molecule has 6 nitrogen and oxygen atoms in total. The molecule has 0 atom stereocenters.